The molecule has 154 valence electrons. The normalized spacial score (nSPS) is 14.6. The second kappa shape index (κ2) is 8.46. The van der Waals surface area contributed by atoms with Crippen molar-refractivity contribution in [2.75, 3.05) is 33.3 Å². The van der Waals surface area contributed by atoms with Crippen LogP contribution in [-0.2, 0) is 6.54 Å². The summed E-state index contributed by atoms with van der Waals surface area (Å²) >= 11 is 0. The molecule has 1 amide bonds. The van der Waals surface area contributed by atoms with Crippen molar-refractivity contribution in [3.8, 4) is 5.75 Å². The summed E-state index contributed by atoms with van der Waals surface area (Å²) in [6.07, 6.45) is 1.80. The number of aromatic nitrogens is 1. The van der Waals surface area contributed by atoms with Crippen molar-refractivity contribution in [3.63, 3.8) is 0 Å². The lowest BCUT2D eigenvalue weighted by atomic mass is 10.1. The van der Waals surface area contributed by atoms with Gasteiger partial charge in [0.25, 0.3) is 5.91 Å². The van der Waals surface area contributed by atoms with Crippen LogP contribution in [0.4, 0.5) is 5.69 Å². The van der Waals surface area contributed by atoms with Crippen molar-refractivity contribution in [1.82, 2.24) is 14.8 Å². The summed E-state index contributed by atoms with van der Waals surface area (Å²) in [7, 11) is 1.37. The second-order valence-corrected chi connectivity index (χ2v) is 7.20. The van der Waals surface area contributed by atoms with Crippen molar-refractivity contribution in [1.29, 1.82) is 0 Å². The van der Waals surface area contributed by atoms with Crippen molar-refractivity contribution in [3.05, 3.63) is 76.0 Å². The summed E-state index contributed by atoms with van der Waals surface area (Å²) in [6.45, 7) is 3.36. The van der Waals surface area contributed by atoms with Gasteiger partial charge < -0.3 is 9.64 Å². The zero-order chi connectivity index (χ0) is 21.1. The molecule has 8 nitrogen and oxygen atoms in total. The number of hydrogen-bond donors (Lipinski definition) is 0. The molecule has 4 rings (SSSR count). The Labute approximate surface area is 173 Å². The Morgan fingerprint density at radius 1 is 1.13 bits per heavy atom. The third-order valence-electron chi connectivity index (χ3n) is 5.39. The van der Waals surface area contributed by atoms with Gasteiger partial charge in [-0.3, -0.25) is 24.8 Å². The van der Waals surface area contributed by atoms with Crippen LogP contribution in [0, 0.1) is 10.1 Å². The molecule has 0 spiro atoms. The molecule has 0 bridgehead atoms. The molecule has 1 saturated heterocycles. The number of nitro groups is 1. The van der Waals surface area contributed by atoms with E-state index in [0.717, 1.165) is 30.5 Å². The Kier molecular flexibility index (Phi) is 5.58. The van der Waals surface area contributed by atoms with Gasteiger partial charge in [-0.2, -0.15) is 0 Å². The third kappa shape index (κ3) is 3.95. The lowest BCUT2D eigenvalue weighted by Gasteiger charge is -2.35. The van der Waals surface area contributed by atoms with Crippen LogP contribution in [0.15, 0.2) is 54.7 Å². The summed E-state index contributed by atoms with van der Waals surface area (Å²) in [5.41, 5.74) is 2.27. The predicted octanol–water partition coefficient (Wildman–Crippen LogP) is 3.11. The number of carbonyl (C=O) groups excluding carboxylic acids is 1. The van der Waals surface area contributed by atoms with Crippen LogP contribution in [0.1, 0.15) is 15.9 Å². The van der Waals surface area contributed by atoms with Gasteiger partial charge in [0, 0.05) is 55.9 Å². The van der Waals surface area contributed by atoms with Gasteiger partial charge in [-0.25, -0.2) is 0 Å². The molecule has 1 aliphatic heterocycles. The average molecular weight is 406 g/mol. The van der Waals surface area contributed by atoms with Crippen LogP contribution in [0.2, 0.25) is 0 Å². The van der Waals surface area contributed by atoms with Crippen LogP contribution in [0.5, 0.6) is 5.75 Å². The molecule has 0 aliphatic carbocycles. The second-order valence-electron chi connectivity index (χ2n) is 7.20. The number of nitrogens with zero attached hydrogens (tertiary/aromatic N) is 4. The van der Waals surface area contributed by atoms with Crippen LogP contribution in [0.3, 0.4) is 0 Å². The number of amides is 1. The molecule has 0 radical (unpaired) electrons. The molecule has 30 heavy (non-hydrogen) atoms. The number of nitro benzene ring substituents is 1. The molecule has 0 unspecified atom stereocenters. The quantitative estimate of drug-likeness (QED) is 0.478. The molecule has 0 saturated carbocycles. The SMILES string of the molecule is COc1ccc(C(=O)N2CCN(Cc3cccc4cccnc34)CC2)cc1[N+](=O)[O-]. The summed E-state index contributed by atoms with van der Waals surface area (Å²) in [5.74, 6) is -0.0581. The van der Waals surface area contributed by atoms with Gasteiger partial charge in [0.2, 0.25) is 0 Å². The van der Waals surface area contributed by atoms with E-state index < -0.39 is 4.92 Å². The number of piperazine rings is 1. The number of benzene rings is 2. The van der Waals surface area contributed by atoms with Crippen LogP contribution < -0.4 is 4.74 Å². The Balaban J connectivity index is 1.42. The van der Waals surface area contributed by atoms with E-state index in [-0.39, 0.29) is 17.3 Å². The van der Waals surface area contributed by atoms with Gasteiger partial charge in [-0.1, -0.05) is 24.3 Å². The standard InChI is InChI=1S/C22H22N4O4/c1-30-20-8-7-17(14-19(20)26(28)29)22(27)25-12-10-24(11-13-25)15-18-5-2-4-16-6-3-9-23-21(16)18/h2-9,14H,10-13,15H2,1H3. The molecule has 3 aromatic rings. The first-order valence-corrected chi connectivity index (χ1v) is 9.73. The first-order valence-electron chi connectivity index (χ1n) is 9.73. The van der Waals surface area contributed by atoms with E-state index in [0.29, 0.717) is 18.7 Å². The van der Waals surface area contributed by atoms with E-state index in [1.165, 1.54) is 24.8 Å². The number of methoxy groups -OCH3 is 1. The average Bonchev–Trinajstić information content (AvgIpc) is 2.79. The highest BCUT2D eigenvalue weighted by Crippen LogP contribution is 2.28. The Morgan fingerprint density at radius 2 is 1.90 bits per heavy atom. The van der Waals surface area contributed by atoms with E-state index in [1.54, 1.807) is 17.2 Å². The number of pyridine rings is 1. The highest BCUT2D eigenvalue weighted by atomic mass is 16.6. The van der Waals surface area contributed by atoms with E-state index in [4.69, 9.17) is 4.74 Å². The highest BCUT2D eigenvalue weighted by Gasteiger charge is 2.25. The lowest BCUT2D eigenvalue weighted by Crippen LogP contribution is -2.48. The van der Waals surface area contributed by atoms with Crippen molar-refractivity contribution in [2.45, 2.75) is 6.54 Å². The first-order chi connectivity index (χ1) is 14.6. The summed E-state index contributed by atoms with van der Waals surface area (Å²) < 4.78 is 5.01. The van der Waals surface area contributed by atoms with Crippen molar-refractivity contribution < 1.29 is 14.5 Å². The molecule has 1 aliphatic rings. The number of ether oxygens (including phenoxy) is 1. The lowest BCUT2D eigenvalue weighted by molar-refractivity contribution is -0.385. The fraction of sp³-hybridized carbons (Fsp3) is 0.273. The van der Waals surface area contributed by atoms with E-state index >= 15 is 0 Å². The van der Waals surface area contributed by atoms with Gasteiger partial charge in [-0.15, -0.1) is 0 Å². The topological polar surface area (TPSA) is 88.8 Å². The zero-order valence-electron chi connectivity index (χ0n) is 16.7. The van der Waals surface area contributed by atoms with Crippen LogP contribution in [-0.4, -0.2) is 58.9 Å². The van der Waals surface area contributed by atoms with Crippen molar-refractivity contribution >= 4 is 22.5 Å². The minimum atomic E-state index is -0.536. The fourth-order valence-corrected chi connectivity index (χ4v) is 3.79. The first kappa shape index (κ1) is 19.8. The number of para-hydroxylation sites is 1. The van der Waals surface area contributed by atoms with Gasteiger partial charge >= 0.3 is 5.69 Å². The maximum absolute atomic E-state index is 12.8. The summed E-state index contributed by atoms with van der Waals surface area (Å²) in [5, 5.41) is 12.3. The molecule has 8 heteroatoms. The van der Waals surface area contributed by atoms with Crippen LogP contribution in [0.25, 0.3) is 10.9 Å². The minimum Gasteiger partial charge on any atom is -0.490 e. The maximum atomic E-state index is 12.8. The minimum absolute atomic E-state index is 0.144. The number of hydrogen-bond acceptors (Lipinski definition) is 6. The third-order valence-corrected chi connectivity index (χ3v) is 5.39. The molecule has 2 heterocycles. The molecule has 1 fully saturated rings. The Bertz CT molecular complexity index is 1090. The molecule has 2 aromatic carbocycles. The van der Waals surface area contributed by atoms with Gasteiger partial charge in [0.1, 0.15) is 0 Å². The summed E-state index contributed by atoms with van der Waals surface area (Å²) in [4.78, 5) is 32.1. The molecular formula is C22H22N4O4. The molecule has 1 aromatic heterocycles. The maximum Gasteiger partial charge on any atom is 0.311 e. The van der Waals surface area contributed by atoms with E-state index in [2.05, 4.69) is 28.1 Å². The Hall–Kier alpha value is -3.52. The highest BCUT2D eigenvalue weighted by molar-refractivity contribution is 5.95. The monoisotopic (exact) mass is 406 g/mol. The van der Waals surface area contributed by atoms with E-state index in [1.807, 2.05) is 12.1 Å². The molecule has 0 atom stereocenters. The smallest absolute Gasteiger partial charge is 0.311 e. The Morgan fingerprint density at radius 3 is 2.63 bits per heavy atom. The van der Waals surface area contributed by atoms with Crippen LogP contribution >= 0.6 is 0 Å². The molecule has 0 N–H and O–H groups in total. The number of carbonyl (C=O) groups is 1. The van der Waals surface area contributed by atoms with Gasteiger partial charge in [0.15, 0.2) is 5.75 Å². The van der Waals surface area contributed by atoms with Gasteiger partial charge in [-0.05, 0) is 23.8 Å². The molecular weight excluding hydrogens is 384 g/mol. The van der Waals surface area contributed by atoms with E-state index in [9.17, 15) is 14.9 Å². The zero-order valence-corrected chi connectivity index (χ0v) is 16.7. The largest absolute Gasteiger partial charge is 0.490 e. The number of fused-ring (bicyclic) bond motifs is 1. The van der Waals surface area contributed by atoms with Gasteiger partial charge in [0.05, 0.1) is 17.5 Å². The fourth-order valence-electron chi connectivity index (χ4n) is 3.79. The predicted molar refractivity (Wildman–Crippen MR) is 113 cm³/mol. The summed E-state index contributed by atoms with van der Waals surface area (Å²) in [6, 6.07) is 14.5. The number of rotatable bonds is 5. The van der Waals surface area contributed by atoms with Crippen molar-refractivity contribution in [2.24, 2.45) is 0 Å².